The lowest BCUT2D eigenvalue weighted by Gasteiger charge is -2.22. The van der Waals surface area contributed by atoms with E-state index in [1.165, 1.54) is 0 Å². The highest BCUT2D eigenvalue weighted by Crippen LogP contribution is 2.25. The molecule has 1 aromatic heterocycles. The Labute approximate surface area is 107 Å². The van der Waals surface area contributed by atoms with E-state index in [1.807, 2.05) is 25.1 Å². The Morgan fingerprint density at radius 3 is 2.83 bits per heavy atom. The number of aromatic nitrogens is 1. The van der Waals surface area contributed by atoms with Gasteiger partial charge in [-0.25, -0.2) is 4.39 Å². The summed E-state index contributed by atoms with van der Waals surface area (Å²) >= 11 is 0. The number of nitrogens with one attached hydrogen (secondary N) is 2. The number of aromatic amines is 1. The van der Waals surface area contributed by atoms with Gasteiger partial charge in [-0.15, -0.1) is 0 Å². The van der Waals surface area contributed by atoms with Gasteiger partial charge in [0, 0.05) is 16.6 Å². The lowest BCUT2D eigenvalue weighted by Crippen LogP contribution is -2.28. The fourth-order valence-corrected chi connectivity index (χ4v) is 2.91. The van der Waals surface area contributed by atoms with E-state index < -0.39 is 0 Å². The van der Waals surface area contributed by atoms with Crippen LogP contribution in [0.25, 0.3) is 10.9 Å². The van der Waals surface area contributed by atoms with Gasteiger partial charge in [-0.3, -0.25) is 0 Å². The molecule has 2 aromatic rings. The van der Waals surface area contributed by atoms with Gasteiger partial charge in [-0.05, 0) is 62.9 Å². The van der Waals surface area contributed by atoms with E-state index >= 15 is 0 Å². The van der Waals surface area contributed by atoms with Crippen LogP contribution in [0.5, 0.6) is 0 Å². The number of piperidine rings is 1. The number of benzene rings is 1. The van der Waals surface area contributed by atoms with Crippen molar-refractivity contribution in [2.75, 3.05) is 13.1 Å². The molecular formula is C15H19FN2. The summed E-state index contributed by atoms with van der Waals surface area (Å²) < 4.78 is 14.4. The van der Waals surface area contributed by atoms with Gasteiger partial charge < -0.3 is 10.3 Å². The van der Waals surface area contributed by atoms with Gasteiger partial charge in [0.25, 0.3) is 0 Å². The Bertz CT molecular complexity index is 553. The highest BCUT2D eigenvalue weighted by molar-refractivity contribution is 5.81. The van der Waals surface area contributed by atoms with Crippen molar-refractivity contribution in [3.05, 3.63) is 35.3 Å². The highest BCUT2D eigenvalue weighted by Gasteiger charge is 2.17. The minimum atomic E-state index is -0.0321. The lowest BCUT2D eigenvalue weighted by atomic mass is 9.90. The maximum Gasteiger partial charge on any atom is 0.135 e. The molecule has 1 aliphatic rings. The van der Waals surface area contributed by atoms with E-state index in [0.717, 1.165) is 54.5 Å². The monoisotopic (exact) mass is 246 g/mol. The first-order valence-corrected chi connectivity index (χ1v) is 6.71. The minimum absolute atomic E-state index is 0.0321. The smallest absolute Gasteiger partial charge is 0.135 e. The molecule has 0 saturated carbocycles. The molecule has 18 heavy (non-hydrogen) atoms. The number of fused-ring (bicyclic) bond motifs is 1. The van der Waals surface area contributed by atoms with Gasteiger partial charge >= 0.3 is 0 Å². The van der Waals surface area contributed by atoms with Gasteiger partial charge in [0.1, 0.15) is 5.82 Å². The van der Waals surface area contributed by atoms with Crippen molar-refractivity contribution in [1.82, 2.24) is 10.3 Å². The third-order valence-corrected chi connectivity index (χ3v) is 3.92. The zero-order valence-electron chi connectivity index (χ0n) is 10.7. The molecule has 1 saturated heterocycles. The molecule has 1 aromatic carbocycles. The molecule has 1 aliphatic heterocycles. The maximum atomic E-state index is 14.4. The van der Waals surface area contributed by atoms with Gasteiger partial charge in [-0.2, -0.15) is 0 Å². The average molecular weight is 246 g/mol. The number of aryl methyl sites for hydroxylation is 1. The first-order chi connectivity index (χ1) is 8.74. The normalized spacial score (nSPS) is 17.4. The van der Waals surface area contributed by atoms with Crippen LogP contribution in [0.4, 0.5) is 4.39 Å². The molecule has 1 fully saturated rings. The molecule has 2 nitrogen and oxygen atoms in total. The second-order valence-corrected chi connectivity index (χ2v) is 5.35. The van der Waals surface area contributed by atoms with Gasteiger partial charge in [-0.1, -0.05) is 6.07 Å². The zero-order chi connectivity index (χ0) is 12.5. The van der Waals surface area contributed by atoms with Crippen LogP contribution >= 0.6 is 0 Å². The summed E-state index contributed by atoms with van der Waals surface area (Å²) in [6.07, 6.45) is 3.18. The Hall–Kier alpha value is -1.35. The van der Waals surface area contributed by atoms with Crippen molar-refractivity contribution in [3.63, 3.8) is 0 Å². The molecule has 0 bridgehead atoms. The van der Waals surface area contributed by atoms with Crippen LogP contribution in [-0.2, 0) is 6.42 Å². The minimum Gasteiger partial charge on any atom is -0.359 e. The molecule has 3 rings (SSSR count). The molecule has 0 amide bonds. The second-order valence-electron chi connectivity index (χ2n) is 5.35. The Balaban J connectivity index is 1.89. The number of H-pyrrole nitrogens is 1. The van der Waals surface area contributed by atoms with Gasteiger partial charge in [0.05, 0.1) is 0 Å². The number of halogens is 1. The first-order valence-electron chi connectivity index (χ1n) is 6.71. The molecule has 96 valence electrons. The summed E-state index contributed by atoms with van der Waals surface area (Å²) in [6.45, 7) is 4.10. The van der Waals surface area contributed by atoms with E-state index in [9.17, 15) is 4.39 Å². The van der Waals surface area contributed by atoms with Crippen molar-refractivity contribution in [2.45, 2.75) is 26.2 Å². The standard InChI is InChI=1S/C15H19FN2/c1-10-8-13-14(18-10)3-2-12(15(13)16)9-11-4-6-17-7-5-11/h2-3,8,11,17-18H,4-7,9H2,1H3. The SMILES string of the molecule is Cc1cc2c(F)c(CC3CCNCC3)ccc2[nH]1. The third kappa shape index (κ3) is 2.15. The van der Waals surface area contributed by atoms with Crippen LogP contribution < -0.4 is 5.32 Å². The largest absolute Gasteiger partial charge is 0.359 e. The van der Waals surface area contributed by atoms with Gasteiger partial charge in [0.2, 0.25) is 0 Å². The van der Waals surface area contributed by atoms with Crippen molar-refractivity contribution in [3.8, 4) is 0 Å². The van der Waals surface area contributed by atoms with E-state index in [1.54, 1.807) is 0 Å². The molecule has 0 atom stereocenters. The van der Waals surface area contributed by atoms with Gasteiger partial charge in [0.15, 0.2) is 0 Å². The molecule has 0 unspecified atom stereocenters. The number of hydrogen-bond donors (Lipinski definition) is 2. The van der Waals surface area contributed by atoms with E-state index in [2.05, 4.69) is 10.3 Å². The Kier molecular flexibility index (Phi) is 3.08. The van der Waals surface area contributed by atoms with Crippen molar-refractivity contribution in [2.24, 2.45) is 5.92 Å². The quantitative estimate of drug-likeness (QED) is 0.837. The molecular weight excluding hydrogens is 227 g/mol. The van der Waals surface area contributed by atoms with Crippen LogP contribution in [0.15, 0.2) is 18.2 Å². The van der Waals surface area contributed by atoms with Crippen LogP contribution in [-0.4, -0.2) is 18.1 Å². The second kappa shape index (κ2) is 4.73. The van der Waals surface area contributed by atoms with Crippen LogP contribution in [0, 0.1) is 18.7 Å². The van der Waals surface area contributed by atoms with Crippen LogP contribution in [0.3, 0.4) is 0 Å². The molecule has 2 N–H and O–H groups in total. The molecule has 0 spiro atoms. The third-order valence-electron chi connectivity index (χ3n) is 3.92. The zero-order valence-corrected chi connectivity index (χ0v) is 10.7. The number of rotatable bonds is 2. The summed E-state index contributed by atoms with van der Waals surface area (Å²) in [4.78, 5) is 3.18. The van der Waals surface area contributed by atoms with Crippen molar-refractivity contribution < 1.29 is 4.39 Å². The lowest BCUT2D eigenvalue weighted by molar-refractivity contribution is 0.369. The summed E-state index contributed by atoms with van der Waals surface area (Å²) in [5.74, 6) is 0.591. The van der Waals surface area contributed by atoms with Crippen LogP contribution in [0.1, 0.15) is 24.1 Å². The van der Waals surface area contributed by atoms with E-state index in [-0.39, 0.29) is 5.82 Å². The summed E-state index contributed by atoms with van der Waals surface area (Å²) in [5.41, 5.74) is 2.79. The summed E-state index contributed by atoms with van der Waals surface area (Å²) in [7, 11) is 0. The Morgan fingerprint density at radius 2 is 2.06 bits per heavy atom. The molecule has 0 radical (unpaired) electrons. The summed E-state index contributed by atoms with van der Waals surface area (Å²) in [5, 5.41) is 4.08. The van der Waals surface area contributed by atoms with E-state index in [4.69, 9.17) is 0 Å². The van der Waals surface area contributed by atoms with Crippen molar-refractivity contribution in [1.29, 1.82) is 0 Å². The maximum absolute atomic E-state index is 14.4. The predicted molar refractivity (Wildman–Crippen MR) is 72.3 cm³/mol. The highest BCUT2D eigenvalue weighted by atomic mass is 19.1. The first kappa shape index (κ1) is 11.7. The molecule has 3 heteroatoms. The topological polar surface area (TPSA) is 27.8 Å². The molecule has 2 heterocycles. The summed E-state index contributed by atoms with van der Waals surface area (Å²) in [6, 6.07) is 5.84. The van der Waals surface area contributed by atoms with Crippen molar-refractivity contribution >= 4 is 10.9 Å². The predicted octanol–water partition coefficient (Wildman–Crippen LogP) is 3.16. The van der Waals surface area contributed by atoms with Crippen LogP contribution in [0.2, 0.25) is 0 Å². The molecule has 0 aliphatic carbocycles. The number of hydrogen-bond acceptors (Lipinski definition) is 1. The fourth-order valence-electron chi connectivity index (χ4n) is 2.91. The Morgan fingerprint density at radius 1 is 1.28 bits per heavy atom. The average Bonchev–Trinajstić information content (AvgIpc) is 2.76. The fraction of sp³-hybridized carbons (Fsp3) is 0.467. The van der Waals surface area contributed by atoms with E-state index in [0.29, 0.717) is 5.92 Å².